The summed E-state index contributed by atoms with van der Waals surface area (Å²) in [6, 6.07) is 22.9. The number of nitrogens with one attached hydrogen (secondary N) is 1. The van der Waals surface area contributed by atoms with Gasteiger partial charge in [0, 0.05) is 28.0 Å². The Kier molecular flexibility index (Phi) is 10.4. The number of aryl methyl sites for hydroxylation is 1. The maximum atomic E-state index is 13.8. The number of rotatable bonds is 10. The van der Waals surface area contributed by atoms with E-state index in [4.69, 9.17) is 4.74 Å². The fourth-order valence-corrected chi connectivity index (χ4v) is 5.56. The molecule has 3 aromatic rings. The molecule has 2 amide bonds. The summed E-state index contributed by atoms with van der Waals surface area (Å²) in [4.78, 5) is 29.3. The minimum absolute atomic E-state index is 0.108. The van der Waals surface area contributed by atoms with Crippen molar-refractivity contribution in [2.45, 2.75) is 64.1 Å². The second-order valence-corrected chi connectivity index (χ2v) is 11.7. The first-order valence-electron chi connectivity index (χ1n) is 13.2. The number of hydrogen-bond acceptors (Lipinski definition) is 3. The van der Waals surface area contributed by atoms with Gasteiger partial charge in [-0.15, -0.1) is 0 Å². The molecule has 1 fully saturated rings. The molecule has 0 unspecified atom stereocenters. The summed E-state index contributed by atoms with van der Waals surface area (Å²) in [6.45, 7) is 2.12. The van der Waals surface area contributed by atoms with Gasteiger partial charge in [0.2, 0.25) is 5.91 Å². The van der Waals surface area contributed by atoms with Gasteiger partial charge in [-0.3, -0.25) is 9.59 Å². The standard InChI is InChI=1S/C31H34Br2N2O3/c1-22-17-27(15-16-28(22)33)38-21-30(36)35(20-24-11-8-12-25(32)18-24)29(19-23-9-4-2-5-10-23)31(37)34-26-13-6-3-7-14-26/h2,4-5,8-12,15-18,26,29H,3,6-7,13-14,19-21H2,1H3,(H,34,37)/t29-/m0/s1. The maximum Gasteiger partial charge on any atom is 0.261 e. The Bertz CT molecular complexity index is 1230. The second-order valence-electron chi connectivity index (χ2n) is 9.90. The van der Waals surface area contributed by atoms with E-state index in [0.717, 1.165) is 51.3 Å². The highest BCUT2D eigenvalue weighted by atomic mass is 79.9. The zero-order chi connectivity index (χ0) is 26.9. The van der Waals surface area contributed by atoms with Crippen molar-refractivity contribution in [1.82, 2.24) is 10.2 Å². The van der Waals surface area contributed by atoms with Gasteiger partial charge in [0.1, 0.15) is 11.8 Å². The molecule has 0 saturated heterocycles. The predicted molar refractivity (Wildman–Crippen MR) is 158 cm³/mol. The number of benzene rings is 3. The number of ether oxygens (including phenoxy) is 1. The van der Waals surface area contributed by atoms with Gasteiger partial charge in [-0.25, -0.2) is 0 Å². The number of nitrogens with zero attached hydrogens (tertiary/aromatic N) is 1. The van der Waals surface area contributed by atoms with Crippen molar-refractivity contribution in [3.05, 3.63) is 98.4 Å². The van der Waals surface area contributed by atoms with Crippen LogP contribution in [0, 0.1) is 6.92 Å². The van der Waals surface area contributed by atoms with E-state index in [2.05, 4.69) is 37.2 Å². The van der Waals surface area contributed by atoms with E-state index >= 15 is 0 Å². The van der Waals surface area contributed by atoms with Crippen molar-refractivity contribution in [1.29, 1.82) is 0 Å². The van der Waals surface area contributed by atoms with E-state index in [0.29, 0.717) is 18.7 Å². The first-order valence-corrected chi connectivity index (χ1v) is 14.7. The maximum absolute atomic E-state index is 13.8. The Labute approximate surface area is 242 Å². The molecule has 38 heavy (non-hydrogen) atoms. The molecule has 0 bridgehead atoms. The molecule has 0 spiro atoms. The lowest BCUT2D eigenvalue weighted by atomic mass is 9.94. The summed E-state index contributed by atoms with van der Waals surface area (Å²) in [7, 11) is 0. The smallest absolute Gasteiger partial charge is 0.261 e. The van der Waals surface area contributed by atoms with Gasteiger partial charge < -0.3 is 15.0 Å². The summed E-state index contributed by atoms with van der Waals surface area (Å²) < 4.78 is 7.83. The summed E-state index contributed by atoms with van der Waals surface area (Å²) in [5, 5.41) is 3.27. The van der Waals surface area contributed by atoms with Crippen molar-refractivity contribution in [3.63, 3.8) is 0 Å². The van der Waals surface area contributed by atoms with Crippen LogP contribution in [-0.4, -0.2) is 35.4 Å². The van der Waals surface area contributed by atoms with Crippen LogP contribution in [0.4, 0.5) is 0 Å². The lowest BCUT2D eigenvalue weighted by Crippen LogP contribution is -2.53. The quantitative estimate of drug-likeness (QED) is 0.260. The number of hydrogen-bond donors (Lipinski definition) is 1. The molecule has 1 atom stereocenters. The zero-order valence-electron chi connectivity index (χ0n) is 21.7. The van der Waals surface area contributed by atoms with E-state index in [9.17, 15) is 9.59 Å². The van der Waals surface area contributed by atoms with Crippen LogP contribution in [0.2, 0.25) is 0 Å². The molecule has 200 valence electrons. The lowest BCUT2D eigenvalue weighted by molar-refractivity contribution is -0.143. The molecule has 0 radical (unpaired) electrons. The Morgan fingerprint density at radius 2 is 1.68 bits per heavy atom. The average molecular weight is 642 g/mol. The third-order valence-electron chi connectivity index (χ3n) is 6.96. The number of carbonyl (C=O) groups is 2. The fourth-order valence-electron chi connectivity index (χ4n) is 4.87. The van der Waals surface area contributed by atoms with Crippen LogP contribution in [-0.2, 0) is 22.6 Å². The van der Waals surface area contributed by atoms with Crippen molar-refractivity contribution in [2.24, 2.45) is 0 Å². The molecule has 0 heterocycles. The Morgan fingerprint density at radius 1 is 0.947 bits per heavy atom. The first-order chi connectivity index (χ1) is 18.4. The molecule has 0 aromatic heterocycles. The molecule has 1 N–H and O–H groups in total. The van der Waals surface area contributed by atoms with Crippen molar-refractivity contribution >= 4 is 43.7 Å². The summed E-state index contributed by atoms with van der Waals surface area (Å²) in [6.07, 6.45) is 5.84. The fraction of sp³-hybridized carbons (Fsp3) is 0.355. The molecular weight excluding hydrogens is 608 g/mol. The molecule has 7 heteroatoms. The van der Waals surface area contributed by atoms with Gasteiger partial charge in [0.15, 0.2) is 6.61 Å². The monoisotopic (exact) mass is 640 g/mol. The van der Waals surface area contributed by atoms with E-state index < -0.39 is 6.04 Å². The summed E-state index contributed by atoms with van der Waals surface area (Å²) in [5.41, 5.74) is 2.97. The normalized spacial score (nSPS) is 14.5. The van der Waals surface area contributed by atoms with Crippen molar-refractivity contribution in [2.75, 3.05) is 6.61 Å². The van der Waals surface area contributed by atoms with Gasteiger partial charge in [0.05, 0.1) is 0 Å². The molecule has 5 nitrogen and oxygen atoms in total. The Balaban J connectivity index is 1.61. The Hall–Kier alpha value is -2.64. The first kappa shape index (κ1) is 28.4. The second kappa shape index (κ2) is 13.9. The summed E-state index contributed by atoms with van der Waals surface area (Å²) in [5.74, 6) is 0.279. The van der Waals surface area contributed by atoms with Crippen molar-refractivity contribution in [3.8, 4) is 5.75 Å². The van der Waals surface area contributed by atoms with Crippen LogP contribution in [0.3, 0.4) is 0 Å². The predicted octanol–water partition coefficient (Wildman–Crippen LogP) is 6.99. The third-order valence-corrected chi connectivity index (χ3v) is 8.34. The average Bonchev–Trinajstić information content (AvgIpc) is 2.92. The van der Waals surface area contributed by atoms with E-state index in [1.807, 2.05) is 79.7 Å². The molecular formula is C31H34Br2N2O3. The Morgan fingerprint density at radius 3 is 2.39 bits per heavy atom. The number of halogens is 2. The van der Waals surface area contributed by atoms with E-state index in [1.165, 1.54) is 6.42 Å². The van der Waals surface area contributed by atoms with E-state index in [-0.39, 0.29) is 24.5 Å². The molecule has 3 aromatic carbocycles. The number of carbonyl (C=O) groups excluding carboxylic acids is 2. The van der Waals surface area contributed by atoms with Gasteiger partial charge in [-0.05, 0) is 66.8 Å². The molecule has 0 aliphatic heterocycles. The molecule has 4 rings (SSSR count). The minimum Gasteiger partial charge on any atom is -0.484 e. The lowest BCUT2D eigenvalue weighted by Gasteiger charge is -2.33. The molecule has 1 aliphatic carbocycles. The van der Waals surface area contributed by atoms with Crippen LogP contribution in [0.1, 0.15) is 48.8 Å². The van der Waals surface area contributed by atoms with Crippen LogP contribution < -0.4 is 10.1 Å². The van der Waals surface area contributed by atoms with Gasteiger partial charge in [-0.2, -0.15) is 0 Å². The SMILES string of the molecule is Cc1cc(OCC(=O)N(Cc2cccc(Br)c2)[C@@H](Cc2ccccc2)C(=O)NC2CCCCC2)ccc1Br. The van der Waals surface area contributed by atoms with Crippen LogP contribution >= 0.6 is 31.9 Å². The topological polar surface area (TPSA) is 58.6 Å². The van der Waals surface area contributed by atoms with Gasteiger partial charge in [-0.1, -0.05) is 93.6 Å². The van der Waals surface area contributed by atoms with Gasteiger partial charge >= 0.3 is 0 Å². The summed E-state index contributed by atoms with van der Waals surface area (Å²) >= 11 is 7.04. The minimum atomic E-state index is -0.666. The largest absolute Gasteiger partial charge is 0.484 e. The number of amides is 2. The van der Waals surface area contributed by atoms with Crippen LogP contribution in [0.25, 0.3) is 0 Å². The molecule has 1 aliphatic rings. The molecule has 1 saturated carbocycles. The zero-order valence-corrected chi connectivity index (χ0v) is 24.8. The van der Waals surface area contributed by atoms with Gasteiger partial charge in [0.25, 0.3) is 5.91 Å². The highest BCUT2D eigenvalue weighted by molar-refractivity contribution is 9.10. The van der Waals surface area contributed by atoms with Crippen molar-refractivity contribution < 1.29 is 14.3 Å². The highest BCUT2D eigenvalue weighted by Crippen LogP contribution is 2.23. The van der Waals surface area contributed by atoms with Crippen LogP contribution in [0.15, 0.2) is 81.7 Å². The third kappa shape index (κ3) is 8.18. The highest BCUT2D eigenvalue weighted by Gasteiger charge is 2.32. The van der Waals surface area contributed by atoms with E-state index in [1.54, 1.807) is 4.90 Å². The van der Waals surface area contributed by atoms with Crippen LogP contribution in [0.5, 0.6) is 5.75 Å².